The highest BCUT2D eigenvalue weighted by Gasteiger charge is 2.21. The van der Waals surface area contributed by atoms with Gasteiger partial charge in [0.2, 0.25) is 0 Å². The second kappa shape index (κ2) is 6.16. The molecular weight excluding hydrogens is 300 g/mol. The first-order chi connectivity index (χ1) is 8.20. The van der Waals surface area contributed by atoms with Crippen LogP contribution in [0.1, 0.15) is 23.4 Å². The van der Waals surface area contributed by atoms with Crippen LogP contribution >= 0.6 is 27.3 Å². The van der Waals surface area contributed by atoms with Gasteiger partial charge in [-0.25, -0.2) is 4.98 Å². The second-order valence-corrected chi connectivity index (χ2v) is 6.36. The summed E-state index contributed by atoms with van der Waals surface area (Å²) < 4.78 is 5.75. The molecule has 1 saturated heterocycles. The molecule has 2 rings (SSSR count). The number of piperidine rings is 1. The molecule has 0 N–H and O–H groups in total. The van der Waals surface area contributed by atoms with Gasteiger partial charge in [-0.1, -0.05) is 15.9 Å². The average molecular weight is 319 g/mol. The molecule has 0 radical (unpaired) electrons. The minimum atomic E-state index is 0.436. The summed E-state index contributed by atoms with van der Waals surface area (Å²) >= 11 is 5.20. The van der Waals surface area contributed by atoms with E-state index >= 15 is 0 Å². The van der Waals surface area contributed by atoms with Crippen LogP contribution in [0.25, 0.3) is 0 Å². The summed E-state index contributed by atoms with van der Waals surface area (Å²) in [6.45, 7) is 7.18. The molecule has 3 nitrogen and oxygen atoms in total. The molecule has 2 heterocycles. The fraction of sp³-hybridized carbons (Fsp3) is 0.750. The molecule has 0 aliphatic carbocycles. The molecule has 17 heavy (non-hydrogen) atoms. The van der Waals surface area contributed by atoms with Gasteiger partial charge in [0.25, 0.3) is 0 Å². The van der Waals surface area contributed by atoms with Gasteiger partial charge in [-0.15, -0.1) is 11.3 Å². The van der Waals surface area contributed by atoms with E-state index in [1.165, 1.54) is 15.7 Å². The van der Waals surface area contributed by atoms with Crippen LogP contribution in [0.15, 0.2) is 0 Å². The largest absolute Gasteiger partial charge is 0.377 e. The van der Waals surface area contributed by atoms with Crippen molar-refractivity contribution < 1.29 is 4.74 Å². The minimum absolute atomic E-state index is 0.436. The normalized spacial score (nSPS) is 17.7. The first-order valence-electron chi connectivity index (χ1n) is 6.07. The van der Waals surface area contributed by atoms with E-state index in [1.54, 1.807) is 11.3 Å². The number of thiazole rings is 1. The number of rotatable bonds is 4. The van der Waals surface area contributed by atoms with E-state index in [-0.39, 0.29) is 0 Å². The predicted octanol–water partition coefficient (Wildman–Crippen LogP) is 3.14. The Morgan fingerprint density at radius 3 is 2.65 bits per heavy atom. The van der Waals surface area contributed by atoms with Crippen LogP contribution in [0.2, 0.25) is 0 Å². The lowest BCUT2D eigenvalue weighted by atomic mass is 10.1. The highest BCUT2D eigenvalue weighted by atomic mass is 79.9. The Morgan fingerprint density at radius 1 is 1.41 bits per heavy atom. The molecule has 0 aromatic carbocycles. The number of alkyl halides is 1. The molecule has 0 amide bonds. The Balaban J connectivity index is 1.86. The third-order valence-corrected chi connectivity index (χ3v) is 4.62. The van der Waals surface area contributed by atoms with Crippen LogP contribution in [-0.4, -0.2) is 36.1 Å². The zero-order valence-corrected chi connectivity index (χ0v) is 12.8. The van der Waals surface area contributed by atoms with Gasteiger partial charge in [0.1, 0.15) is 0 Å². The van der Waals surface area contributed by atoms with Crippen molar-refractivity contribution in [3.63, 3.8) is 0 Å². The summed E-state index contributed by atoms with van der Waals surface area (Å²) in [6.07, 6.45) is 2.67. The van der Waals surface area contributed by atoms with Gasteiger partial charge in [0.05, 0.1) is 18.4 Å². The van der Waals surface area contributed by atoms with Crippen molar-refractivity contribution in [3.05, 3.63) is 10.6 Å². The molecule has 1 aliphatic rings. The van der Waals surface area contributed by atoms with Crippen LogP contribution in [0, 0.1) is 13.8 Å². The van der Waals surface area contributed by atoms with E-state index < -0.39 is 0 Å². The molecule has 0 spiro atoms. The molecule has 0 saturated carbocycles. The van der Waals surface area contributed by atoms with E-state index in [0.717, 1.165) is 37.9 Å². The molecular formula is C12H19BrN2OS. The zero-order valence-electron chi connectivity index (χ0n) is 10.4. The van der Waals surface area contributed by atoms with Gasteiger partial charge in [0.15, 0.2) is 5.13 Å². The third-order valence-electron chi connectivity index (χ3n) is 3.16. The lowest BCUT2D eigenvalue weighted by Gasteiger charge is -2.31. The third kappa shape index (κ3) is 3.42. The maximum Gasteiger partial charge on any atom is 0.185 e. The standard InChI is InChI=1S/C12H19BrN2OS/c1-9-10(2)17-12(14-9)15-6-3-11(4-7-15)16-8-5-13/h11H,3-8H2,1-2H3. The predicted molar refractivity (Wildman–Crippen MR) is 76.6 cm³/mol. The number of anilines is 1. The quantitative estimate of drug-likeness (QED) is 0.797. The number of ether oxygens (including phenoxy) is 1. The molecule has 0 atom stereocenters. The van der Waals surface area contributed by atoms with Gasteiger partial charge >= 0.3 is 0 Å². The van der Waals surface area contributed by atoms with Gasteiger partial charge in [-0.3, -0.25) is 0 Å². The van der Waals surface area contributed by atoms with Crippen LogP contribution in [0.3, 0.4) is 0 Å². The second-order valence-electron chi connectivity index (χ2n) is 4.38. The molecule has 5 heteroatoms. The van der Waals surface area contributed by atoms with E-state index in [9.17, 15) is 0 Å². The van der Waals surface area contributed by atoms with E-state index in [2.05, 4.69) is 39.7 Å². The Labute approximate surface area is 115 Å². The van der Waals surface area contributed by atoms with Crippen molar-refractivity contribution in [2.45, 2.75) is 32.8 Å². The number of hydrogen-bond donors (Lipinski definition) is 0. The smallest absolute Gasteiger partial charge is 0.185 e. The molecule has 0 bridgehead atoms. The van der Waals surface area contributed by atoms with Crippen molar-refractivity contribution in [2.75, 3.05) is 29.9 Å². The molecule has 0 unspecified atom stereocenters. The molecule has 1 aliphatic heterocycles. The Bertz CT molecular complexity index is 342. The number of aryl methyl sites for hydroxylation is 2. The summed E-state index contributed by atoms with van der Waals surface area (Å²) in [5.41, 5.74) is 1.17. The SMILES string of the molecule is Cc1nc(N2CCC(OCCBr)CC2)sc1C. The molecule has 1 fully saturated rings. The van der Waals surface area contributed by atoms with Gasteiger partial charge in [0, 0.05) is 23.3 Å². The number of aromatic nitrogens is 1. The Hall–Kier alpha value is -0.130. The first-order valence-corrected chi connectivity index (χ1v) is 8.01. The number of halogens is 1. The van der Waals surface area contributed by atoms with Crippen LogP contribution in [0.5, 0.6) is 0 Å². The monoisotopic (exact) mass is 318 g/mol. The Morgan fingerprint density at radius 2 is 2.12 bits per heavy atom. The highest BCUT2D eigenvalue weighted by molar-refractivity contribution is 9.09. The Kier molecular flexibility index (Phi) is 4.82. The van der Waals surface area contributed by atoms with Gasteiger partial charge in [-0.05, 0) is 26.7 Å². The van der Waals surface area contributed by atoms with Crippen LogP contribution < -0.4 is 4.90 Å². The van der Waals surface area contributed by atoms with Crippen molar-refractivity contribution >= 4 is 32.4 Å². The van der Waals surface area contributed by atoms with Crippen LogP contribution in [0.4, 0.5) is 5.13 Å². The van der Waals surface area contributed by atoms with Gasteiger partial charge < -0.3 is 9.64 Å². The lowest BCUT2D eigenvalue weighted by Crippen LogP contribution is -2.37. The maximum atomic E-state index is 5.75. The maximum absolute atomic E-state index is 5.75. The van der Waals surface area contributed by atoms with Gasteiger partial charge in [-0.2, -0.15) is 0 Å². The fourth-order valence-corrected chi connectivity index (χ4v) is 3.16. The minimum Gasteiger partial charge on any atom is -0.377 e. The van der Waals surface area contributed by atoms with Crippen molar-refractivity contribution in [1.82, 2.24) is 4.98 Å². The van der Waals surface area contributed by atoms with Crippen molar-refractivity contribution in [1.29, 1.82) is 0 Å². The van der Waals surface area contributed by atoms with Crippen molar-refractivity contribution in [3.8, 4) is 0 Å². The first kappa shape index (κ1) is 13.3. The molecule has 1 aromatic rings. The van der Waals surface area contributed by atoms with Crippen LogP contribution in [-0.2, 0) is 4.74 Å². The summed E-state index contributed by atoms with van der Waals surface area (Å²) in [7, 11) is 0. The molecule has 96 valence electrons. The summed E-state index contributed by atoms with van der Waals surface area (Å²) in [5, 5.41) is 2.11. The topological polar surface area (TPSA) is 25.4 Å². The van der Waals surface area contributed by atoms with Crippen molar-refractivity contribution in [2.24, 2.45) is 0 Å². The molecule has 1 aromatic heterocycles. The van der Waals surface area contributed by atoms with E-state index in [1.807, 2.05) is 0 Å². The summed E-state index contributed by atoms with van der Waals surface area (Å²) in [5.74, 6) is 0. The van der Waals surface area contributed by atoms with E-state index in [4.69, 9.17) is 4.74 Å². The zero-order chi connectivity index (χ0) is 12.3. The fourth-order valence-electron chi connectivity index (χ4n) is 2.02. The number of nitrogens with zero attached hydrogens (tertiary/aromatic N) is 2. The summed E-state index contributed by atoms with van der Waals surface area (Å²) in [4.78, 5) is 8.34. The highest BCUT2D eigenvalue weighted by Crippen LogP contribution is 2.28. The summed E-state index contributed by atoms with van der Waals surface area (Å²) in [6, 6.07) is 0. The number of hydrogen-bond acceptors (Lipinski definition) is 4. The average Bonchev–Trinajstić information content (AvgIpc) is 2.68. The van der Waals surface area contributed by atoms with E-state index in [0.29, 0.717) is 6.10 Å². The lowest BCUT2D eigenvalue weighted by molar-refractivity contribution is 0.0481.